The van der Waals surface area contributed by atoms with Gasteiger partial charge < -0.3 is 15.2 Å². The molecule has 0 bridgehead atoms. The third kappa shape index (κ3) is 2.98. The van der Waals surface area contributed by atoms with E-state index in [1.807, 2.05) is 0 Å². The third-order valence-corrected chi connectivity index (χ3v) is 3.44. The number of likely N-dealkylation sites (tertiary alicyclic amines) is 1. The van der Waals surface area contributed by atoms with Crippen molar-refractivity contribution in [2.24, 2.45) is 0 Å². The van der Waals surface area contributed by atoms with Crippen LogP contribution in [0.1, 0.15) is 30.1 Å². The first-order valence-corrected chi connectivity index (χ1v) is 6.41. The Labute approximate surface area is 106 Å². The number of piperidine rings is 1. The molecular weight excluding hydrogens is 230 g/mol. The van der Waals surface area contributed by atoms with E-state index in [0.29, 0.717) is 0 Å². The number of aromatic amines is 1. The first kappa shape index (κ1) is 12.8. The topological polar surface area (TPSA) is 65.2 Å². The molecule has 1 amide bonds. The molecule has 0 aromatic carbocycles. The Bertz CT molecular complexity index is 461. The minimum Gasteiger partial charge on any atom is -0.367 e. The van der Waals surface area contributed by atoms with Crippen LogP contribution in [-0.2, 0) is 0 Å². The van der Waals surface area contributed by atoms with Gasteiger partial charge in [-0.05, 0) is 19.4 Å². The van der Waals surface area contributed by atoms with E-state index < -0.39 is 0 Å². The highest BCUT2D eigenvalue weighted by Gasteiger charge is 2.20. The van der Waals surface area contributed by atoms with Gasteiger partial charge in [-0.25, -0.2) is 0 Å². The lowest BCUT2D eigenvalue weighted by Crippen LogP contribution is -2.45. The van der Waals surface area contributed by atoms with Crippen LogP contribution in [-0.4, -0.2) is 41.5 Å². The van der Waals surface area contributed by atoms with Crippen LogP contribution in [0.4, 0.5) is 0 Å². The van der Waals surface area contributed by atoms with Gasteiger partial charge in [-0.15, -0.1) is 0 Å². The number of carbonyl (C=O) groups excluding carboxylic acids is 1. The Balaban J connectivity index is 1.93. The van der Waals surface area contributed by atoms with Crippen molar-refractivity contribution >= 4 is 5.91 Å². The monoisotopic (exact) mass is 249 g/mol. The number of hydrogen-bond donors (Lipinski definition) is 2. The van der Waals surface area contributed by atoms with Gasteiger partial charge in [-0.3, -0.25) is 9.59 Å². The maximum absolute atomic E-state index is 11.9. The zero-order chi connectivity index (χ0) is 13.0. The molecule has 5 nitrogen and oxygen atoms in total. The Hall–Kier alpha value is -1.62. The second kappa shape index (κ2) is 5.82. The fourth-order valence-corrected chi connectivity index (χ4v) is 2.25. The minimum absolute atomic E-state index is 0.180. The molecule has 2 heterocycles. The minimum atomic E-state index is -0.271. The molecule has 0 atom stereocenters. The number of nitrogens with zero attached hydrogens (tertiary/aromatic N) is 1. The summed E-state index contributed by atoms with van der Waals surface area (Å²) in [4.78, 5) is 28.6. The molecule has 1 aliphatic heterocycles. The largest absolute Gasteiger partial charge is 0.367 e. The Morgan fingerprint density at radius 1 is 1.50 bits per heavy atom. The molecule has 2 rings (SSSR count). The molecule has 0 saturated carbocycles. The first-order valence-electron chi connectivity index (χ1n) is 6.41. The molecule has 1 saturated heterocycles. The quantitative estimate of drug-likeness (QED) is 0.824. The molecule has 18 heavy (non-hydrogen) atoms. The smallest absolute Gasteiger partial charge is 0.256 e. The number of carbonyl (C=O) groups is 1. The van der Waals surface area contributed by atoms with E-state index in [0.717, 1.165) is 32.5 Å². The molecule has 1 aromatic heterocycles. The van der Waals surface area contributed by atoms with Gasteiger partial charge >= 0.3 is 0 Å². The molecule has 1 fully saturated rings. The van der Waals surface area contributed by atoms with Crippen molar-refractivity contribution in [3.63, 3.8) is 0 Å². The number of H-pyrrole nitrogens is 1. The summed E-state index contributed by atoms with van der Waals surface area (Å²) in [5, 5.41) is 2.94. The number of aromatic nitrogens is 1. The van der Waals surface area contributed by atoms with E-state index in [-0.39, 0.29) is 22.9 Å². The number of pyridine rings is 1. The second-order valence-electron chi connectivity index (χ2n) is 4.60. The summed E-state index contributed by atoms with van der Waals surface area (Å²) < 4.78 is 0. The second-order valence-corrected chi connectivity index (χ2v) is 4.60. The van der Waals surface area contributed by atoms with Gasteiger partial charge in [-0.2, -0.15) is 0 Å². The molecule has 1 aliphatic rings. The van der Waals surface area contributed by atoms with Crippen molar-refractivity contribution < 1.29 is 4.79 Å². The van der Waals surface area contributed by atoms with Crippen molar-refractivity contribution in [3.8, 4) is 0 Å². The summed E-state index contributed by atoms with van der Waals surface area (Å²) in [5.41, 5.74) is -0.0485. The average molecular weight is 249 g/mol. The SMILES string of the molecule is CCN1CCC(NC(=O)c2c[nH]ccc2=O)CC1. The van der Waals surface area contributed by atoms with Crippen LogP contribution in [0, 0.1) is 0 Å². The molecule has 1 aromatic rings. The van der Waals surface area contributed by atoms with Crippen LogP contribution in [0.2, 0.25) is 0 Å². The van der Waals surface area contributed by atoms with Gasteiger partial charge in [0.25, 0.3) is 5.91 Å². The zero-order valence-corrected chi connectivity index (χ0v) is 10.6. The number of nitrogens with one attached hydrogen (secondary N) is 2. The third-order valence-electron chi connectivity index (χ3n) is 3.44. The lowest BCUT2D eigenvalue weighted by Gasteiger charge is -2.31. The van der Waals surface area contributed by atoms with E-state index in [2.05, 4.69) is 22.1 Å². The standard InChI is InChI=1S/C13H19N3O2/c1-2-16-7-4-10(5-8-16)15-13(18)11-9-14-6-3-12(11)17/h3,6,9-10H,2,4-5,7-8H2,1H3,(H,14,17)(H,15,18). The summed E-state index contributed by atoms with van der Waals surface area (Å²) in [6.07, 6.45) is 4.88. The summed E-state index contributed by atoms with van der Waals surface area (Å²) in [6, 6.07) is 1.55. The highest BCUT2D eigenvalue weighted by molar-refractivity contribution is 5.93. The average Bonchev–Trinajstić information content (AvgIpc) is 2.40. The number of amides is 1. The van der Waals surface area contributed by atoms with Gasteiger partial charge in [-0.1, -0.05) is 6.92 Å². The van der Waals surface area contributed by atoms with Crippen molar-refractivity contribution in [1.82, 2.24) is 15.2 Å². The Kier molecular flexibility index (Phi) is 4.15. The maximum Gasteiger partial charge on any atom is 0.256 e. The Morgan fingerprint density at radius 3 is 2.83 bits per heavy atom. The molecule has 0 spiro atoms. The zero-order valence-electron chi connectivity index (χ0n) is 10.6. The highest BCUT2D eigenvalue weighted by Crippen LogP contribution is 2.10. The van der Waals surface area contributed by atoms with Gasteiger partial charge in [0, 0.05) is 37.6 Å². The van der Waals surface area contributed by atoms with Crippen LogP contribution < -0.4 is 10.7 Å². The van der Waals surface area contributed by atoms with Gasteiger partial charge in [0.1, 0.15) is 5.56 Å². The fraction of sp³-hybridized carbons (Fsp3) is 0.538. The van der Waals surface area contributed by atoms with Crippen molar-refractivity contribution in [1.29, 1.82) is 0 Å². The van der Waals surface area contributed by atoms with E-state index in [4.69, 9.17) is 0 Å². The van der Waals surface area contributed by atoms with Gasteiger partial charge in [0.2, 0.25) is 0 Å². The lowest BCUT2D eigenvalue weighted by molar-refractivity contribution is 0.0911. The van der Waals surface area contributed by atoms with Gasteiger partial charge in [0.05, 0.1) is 0 Å². The normalized spacial score (nSPS) is 17.6. The van der Waals surface area contributed by atoms with Crippen LogP contribution in [0.25, 0.3) is 0 Å². The van der Waals surface area contributed by atoms with Crippen LogP contribution in [0.5, 0.6) is 0 Å². The molecule has 0 radical (unpaired) electrons. The van der Waals surface area contributed by atoms with Crippen molar-refractivity contribution in [2.45, 2.75) is 25.8 Å². The fourth-order valence-electron chi connectivity index (χ4n) is 2.25. The molecule has 0 unspecified atom stereocenters. The highest BCUT2D eigenvalue weighted by atomic mass is 16.2. The molecule has 98 valence electrons. The summed E-state index contributed by atoms with van der Waals surface area (Å²) in [6.45, 7) is 5.21. The van der Waals surface area contributed by atoms with Gasteiger partial charge in [0.15, 0.2) is 5.43 Å². The number of hydrogen-bond acceptors (Lipinski definition) is 3. The van der Waals surface area contributed by atoms with E-state index >= 15 is 0 Å². The van der Waals surface area contributed by atoms with E-state index in [1.54, 1.807) is 0 Å². The van der Waals surface area contributed by atoms with Crippen LogP contribution in [0.3, 0.4) is 0 Å². The Morgan fingerprint density at radius 2 is 2.22 bits per heavy atom. The summed E-state index contributed by atoms with van der Waals surface area (Å²) >= 11 is 0. The molecule has 5 heteroatoms. The summed E-state index contributed by atoms with van der Waals surface area (Å²) in [7, 11) is 0. The predicted octanol–water partition coefficient (Wildman–Crippen LogP) is 0.589. The number of rotatable bonds is 3. The van der Waals surface area contributed by atoms with E-state index in [9.17, 15) is 9.59 Å². The molecule has 0 aliphatic carbocycles. The van der Waals surface area contributed by atoms with E-state index in [1.165, 1.54) is 18.5 Å². The summed E-state index contributed by atoms with van der Waals surface area (Å²) in [5.74, 6) is -0.271. The van der Waals surface area contributed by atoms with Crippen molar-refractivity contribution in [2.75, 3.05) is 19.6 Å². The van der Waals surface area contributed by atoms with Crippen LogP contribution in [0.15, 0.2) is 23.3 Å². The molecular formula is C13H19N3O2. The maximum atomic E-state index is 11.9. The van der Waals surface area contributed by atoms with Crippen LogP contribution >= 0.6 is 0 Å². The first-order chi connectivity index (χ1) is 8.70. The lowest BCUT2D eigenvalue weighted by atomic mass is 10.0. The van der Waals surface area contributed by atoms with Crippen molar-refractivity contribution in [3.05, 3.63) is 34.2 Å². The molecule has 2 N–H and O–H groups in total. The predicted molar refractivity (Wildman–Crippen MR) is 69.7 cm³/mol.